The van der Waals surface area contributed by atoms with Gasteiger partial charge in [-0.1, -0.05) is 88.2 Å². The van der Waals surface area contributed by atoms with Crippen LogP contribution in [0.25, 0.3) is 21.7 Å². The van der Waals surface area contributed by atoms with Crippen LogP contribution in [0.3, 0.4) is 0 Å². The predicted octanol–water partition coefficient (Wildman–Crippen LogP) is 7.66. The van der Waals surface area contributed by atoms with Gasteiger partial charge in [0.1, 0.15) is 18.2 Å². The van der Waals surface area contributed by atoms with E-state index < -0.39 is 0 Å². The molecule has 5 aromatic rings. The van der Waals surface area contributed by atoms with Crippen LogP contribution in [0.2, 0.25) is 0 Å². The standard InChI is InChI=1S/C29H23Br2N3O2/c1-18(2)28-33-26-12-10-23(31)15-25(26)29(35)34(28)32-16-21-14-22(30)11-13-27(21)36-17-20-8-5-7-19-6-3-4-9-24(19)20/h3-16,18H,17H2,1-2H3. The van der Waals surface area contributed by atoms with Crippen molar-refractivity contribution in [2.75, 3.05) is 0 Å². The Morgan fingerprint density at radius 1 is 0.944 bits per heavy atom. The van der Waals surface area contributed by atoms with Crippen LogP contribution in [0.1, 0.15) is 36.7 Å². The third kappa shape index (κ3) is 4.99. The zero-order valence-corrected chi connectivity index (χ0v) is 23.0. The minimum Gasteiger partial charge on any atom is -0.488 e. The van der Waals surface area contributed by atoms with E-state index in [1.807, 2.05) is 62.4 Å². The monoisotopic (exact) mass is 603 g/mol. The van der Waals surface area contributed by atoms with Crippen LogP contribution in [-0.2, 0) is 6.61 Å². The van der Waals surface area contributed by atoms with Crippen molar-refractivity contribution in [1.82, 2.24) is 9.66 Å². The van der Waals surface area contributed by atoms with Gasteiger partial charge in [0, 0.05) is 20.4 Å². The minimum absolute atomic E-state index is 0.00693. The van der Waals surface area contributed by atoms with Crippen LogP contribution in [-0.4, -0.2) is 15.9 Å². The summed E-state index contributed by atoms with van der Waals surface area (Å²) >= 11 is 6.99. The van der Waals surface area contributed by atoms with Crippen molar-refractivity contribution in [1.29, 1.82) is 0 Å². The Hall–Kier alpha value is -3.29. The SMILES string of the molecule is CC(C)c1nc2ccc(Br)cc2c(=O)n1N=Cc1cc(Br)ccc1OCc1cccc2ccccc12. The van der Waals surface area contributed by atoms with E-state index in [9.17, 15) is 4.79 Å². The number of halogens is 2. The number of aromatic nitrogens is 2. The highest BCUT2D eigenvalue weighted by Gasteiger charge is 2.14. The number of benzene rings is 4. The summed E-state index contributed by atoms with van der Waals surface area (Å²) in [6.45, 7) is 4.40. The molecule has 0 saturated carbocycles. The molecule has 1 heterocycles. The fourth-order valence-electron chi connectivity index (χ4n) is 4.10. The zero-order chi connectivity index (χ0) is 25.2. The van der Waals surface area contributed by atoms with Gasteiger partial charge in [-0.25, -0.2) is 4.98 Å². The Labute approximate surface area is 225 Å². The largest absolute Gasteiger partial charge is 0.488 e. The molecule has 4 aromatic carbocycles. The maximum Gasteiger partial charge on any atom is 0.282 e. The molecule has 5 rings (SSSR count). The lowest BCUT2D eigenvalue weighted by Crippen LogP contribution is -2.23. The lowest BCUT2D eigenvalue weighted by atomic mass is 10.1. The Bertz CT molecular complexity index is 1670. The van der Waals surface area contributed by atoms with Crippen molar-refractivity contribution in [3.05, 3.63) is 115 Å². The summed E-state index contributed by atoms with van der Waals surface area (Å²) in [5.41, 5.74) is 2.29. The molecule has 0 fully saturated rings. The van der Waals surface area contributed by atoms with Crippen molar-refractivity contribution in [2.24, 2.45) is 5.10 Å². The predicted molar refractivity (Wildman–Crippen MR) is 153 cm³/mol. The first-order chi connectivity index (χ1) is 17.4. The number of rotatable bonds is 6. The van der Waals surface area contributed by atoms with Gasteiger partial charge in [-0.05, 0) is 52.7 Å². The first-order valence-electron chi connectivity index (χ1n) is 11.6. The van der Waals surface area contributed by atoms with E-state index in [1.165, 1.54) is 10.1 Å². The molecule has 0 saturated heterocycles. The van der Waals surface area contributed by atoms with Crippen LogP contribution in [0, 0.1) is 0 Å². The van der Waals surface area contributed by atoms with Crippen molar-refractivity contribution < 1.29 is 4.74 Å². The molecule has 0 atom stereocenters. The third-order valence-electron chi connectivity index (χ3n) is 5.90. The van der Waals surface area contributed by atoms with Gasteiger partial charge in [0.15, 0.2) is 0 Å². The number of fused-ring (bicyclic) bond motifs is 2. The summed E-state index contributed by atoms with van der Waals surface area (Å²) in [6, 6.07) is 25.7. The Kier molecular flexibility index (Phi) is 7.03. The molecule has 0 aliphatic rings. The van der Waals surface area contributed by atoms with Crippen molar-refractivity contribution in [3.63, 3.8) is 0 Å². The second-order valence-corrected chi connectivity index (χ2v) is 10.6. The molecule has 180 valence electrons. The average molecular weight is 605 g/mol. The zero-order valence-electron chi connectivity index (χ0n) is 19.8. The fourth-order valence-corrected chi connectivity index (χ4v) is 4.84. The first kappa shape index (κ1) is 24.4. The summed E-state index contributed by atoms with van der Waals surface area (Å²) in [5.74, 6) is 1.28. The Morgan fingerprint density at radius 2 is 1.69 bits per heavy atom. The summed E-state index contributed by atoms with van der Waals surface area (Å²) in [6.07, 6.45) is 1.65. The Balaban J connectivity index is 1.52. The Morgan fingerprint density at radius 3 is 2.53 bits per heavy atom. The quantitative estimate of drug-likeness (QED) is 0.187. The van der Waals surface area contributed by atoms with Gasteiger partial charge >= 0.3 is 0 Å². The summed E-state index contributed by atoms with van der Waals surface area (Å²) < 4.78 is 9.34. The molecular weight excluding hydrogens is 582 g/mol. The van der Waals surface area contributed by atoms with Crippen LogP contribution >= 0.6 is 31.9 Å². The molecule has 0 aliphatic carbocycles. The van der Waals surface area contributed by atoms with Crippen molar-refractivity contribution >= 4 is 59.7 Å². The lowest BCUT2D eigenvalue weighted by Gasteiger charge is -2.13. The van der Waals surface area contributed by atoms with E-state index in [-0.39, 0.29) is 11.5 Å². The van der Waals surface area contributed by atoms with E-state index in [1.54, 1.807) is 12.3 Å². The van der Waals surface area contributed by atoms with Gasteiger partial charge in [-0.15, -0.1) is 0 Å². The molecule has 0 amide bonds. The second kappa shape index (κ2) is 10.4. The maximum atomic E-state index is 13.4. The number of hydrogen-bond acceptors (Lipinski definition) is 4. The smallest absolute Gasteiger partial charge is 0.282 e. The maximum absolute atomic E-state index is 13.4. The molecule has 0 radical (unpaired) electrons. The molecule has 36 heavy (non-hydrogen) atoms. The average Bonchev–Trinajstić information content (AvgIpc) is 2.87. The van der Waals surface area contributed by atoms with Gasteiger partial charge < -0.3 is 4.74 Å². The van der Waals surface area contributed by atoms with Crippen LogP contribution in [0.4, 0.5) is 0 Å². The molecule has 0 N–H and O–H groups in total. The third-order valence-corrected chi connectivity index (χ3v) is 6.88. The molecular formula is C29H23Br2N3O2. The van der Waals surface area contributed by atoms with E-state index in [2.05, 4.69) is 61.2 Å². The van der Waals surface area contributed by atoms with Gasteiger partial charge in [0.25, 0.3) is 5.56 Å². The van der Waals surface area contributed by atoms with Crippen LogP contribution in [0.15, 0.2) is 97.7 Å². The molecule has 0 spiro atoms. The molecule has 7 heteroatoms. The van der Waals surface area contributed by atoms with Crippen LogP contribution < -0.4 is 10.3 Å². The summed E-state index contributed by atoms with van der Waals surface area (Å²) in [7, 11) is 0. The van der Waals surface area contributed by atoms with Crippen molar-refractivity contribution in [2.45, 2.75) is 26.4 Å². The molecule has 0 bridgehead atoms. The van der Waals surface area contributed by atoms with Gasteiger partial charge in [0.2, 0.25) is 0 Å². The van der Waals surface area contributed by atoms with Crippen molar-refractivity contribution in [3.8, 4) is 5.75 Å². The van der Waals surface area contributed by atoms with Gasteiger partial charge in [0.05, 0.1) is 17.1 Å². The van der Waals surface area contributed by atoms with Crippen LogP contribution in [0.5, 0.6) is 5.75 Å². The van der Waals surface area contributed by atoms with E-state index in [0.717, 1.165) is 25.5 Å². The molecule has 0 aliphatic heterocycles. The fraction of sp³-hybridized carbons (Fsp3) is 0.138. The normalized spacial score (nSPS) is 11.7. The highest BCUT2D eigenvalue weighted by atomic mass is 79.9. The van der Waals surface area contributed by atoms with Gasteiger partial charge in [-0.3, -0.25) is 4.79 Å². The first-order valence-corrected chi connectivity index (χ1v) is 13.1. The number of hydrogen-bond donors (Lipinski definition) is 0. The van der Waals surface area contributed by atoms with Gasteiger partial charge in [-0.2, -0.15) is 9.78 Å². The highest BCUT2D eigenvalue weighted by Crippen LogP contribution is 2.25. The molecule has 1 aromatic heterocycles. The lowest BCUT2D eigenvalue weighted by molar-refractivity contribution is 0.307. The number of ether oxygens (including phenoxy) is 1. The number of nitrogens with zero attached hydrogens (tertiary/aromatic N) is 3. The second-order valence-electron chi connectivity index (χ2n) is 8.76. The summed E-state index contributed by atoms with van der Waals surface area (Å²) in [5, 5.41) is 7.43. The molecule has 0 unspecified atom stereocenters. The topological polar surface area (TPSA) is 56.5 Å². The summed E-state index contributed by atoms with van der Waals surface area (Å²) in [4.78, 5) is 18.1. The molecule has 5 nitrogen and oxygen atoms in total. The van der Waals surface area contributed by atoms with E-state index in [0.29, 0.717) is 29.1 Å². The van der Waals surface area contributed by atoms with E-state index in [4.69, 9.17) is 9.72 Å². The van der Waals surface area contributed by atoms with E-state index >= 15 is 0 Å². The highest BCUT2D eigenvalue weighted by molar-refractivity contribution is 9.10. The minimum atomic E-state index is -0.213.